The fraction of sp³-hybridized carbons (Fsp3) is 0.667. The van der Waals surface area contributed by atoms with Gasteiger partial charge in [0.25, 0.3) is 0 Å². The molecule has 1 aliphatic heterocycles. The average molecular weight is 443 g/mol. The molecule has 3 rings (SSSR count). The highest BCUT2D eigenvalue weighted by Gasteiger charge is 2.34. The van der Waals surface area contributed by atoms with E-state index in [1.807, 2.05) is 0 Å². The zero-order valence-electron chi connectivity index (χ0n) is 17.1. The second-order valence-corrected chi connectivity index (χ2v) is 9.87. The molecule has 3 atom stereocenters. The molecule has 3 N–H and O–H groups in total. The second kappa shape index (κ2) is 10.7. The molecule has 9 heteroatoms. The van der Waals surface area contributed by atoms with Crippen LogP contribution in [-0.4, -0.2) is 50.8 Å². The van der Waals surface area contributed by atoms with Gasteiger partial charge in [0.05, 0.1) is 29.8 Å². The van der Waals surface area contributed by atoms with E-state index < -0.39 is 28.0 Å². The van der Waals surface area contributed by atoms with Gasteiger partial charge in [-0.2, -0.15) is 0 Å². The van der Waals surface area contributed by atoms with Crippen molar-refractivity contribution in [3.05, 3.63) is 30.1 Å². The normalized spacial score (nSPS) is 25.7. The SMILES string of the molecule is O=C(NCC[C@@H]1CC[C@H](NS(=O)(=O)c2cccc(F)c2)[C@@H](CO)O1)C1CCCCC1. The van der Waals surface area contributed by atoms with Gasteiger partial charge in [-0.1, -0.05) is 25.3 Å². The van der Waals surface area contributed by atoms with Crippen molar-refractivity contribution in [2.24, 2.45) is 5.92 Å². The van der Waals surface area contributed by atoms with Gasteiger partial charge in [-0.25, -0.2) is 17.5 Å². The number of ether oxygens (including phenoxy) is 1. The van der Waals surface area contributed by atoms with Crippen molar-refractivity contribution in [3.63, 3.8) is 0 Å². The van der Waals surface area contributed by atoms with Crippen LogP contribution >= 0.6 is 0 Å². The van der Waals surface area contributed by atoms with Crippen molar-refractivity contribution in [2.75, 3.05) is 13.2 Å². The summed E-state index contributed by atoms with van der Waals surface area (Å²) in [5.41, 5.74) is 0. The molecule has 0 spiro atoms. The standard InChI is InChI=1S/C21H31FN2O5S/c22-16-7-4-8-18(13-16)30(27,28)24-19-10-9-17(29-20(19)14-25)11-12-23-21(26)15-5-2-1-3-6-15/h4,7-8,13,15,17,19-20,24-25H,1-3,5-6,9-12,14H2,(H,23,26)/t17-,19-,20+/m0/s1. The van der Waals surface area contributed by atoms with Gasteiger partial charge in [0.2, 0.25) is 15.9 Å². The third-order valence-corrected chi connectivity index (χ3v) is 7.44. The zero-order valence-corrected chi connectivity index (χ0v) is 17.9. The van der Waals surface area contributed by atoms with Crippen LogP contribution in [0.3, 0.4) is 0 Å². The van der Waals surface area contributed by atoms with Crippen molar-refractivity contribution < 1.29 is 27.4 Å². The third-order valence-electron chi connectivity index (χ3n) is 5.95. The fourth-order valence-corrected chi connectivity index (χ4v) is 5.58. The number of nitrogens with one attached hydrogen (secondary N) is 2. The van der Waals surface area contributed by atoms with E-state index in [-0.39, 0.29) is 29.4 Å². The molecular formula is C21H31FN2O5S. The summed E-state index contributed by atoms with van der Waals surface area (Å²) in [4.78, 5) is 12.1. The molecule has 2 aliphatic rings. The topological polar surface area (TPSA) is 105 Å². The Morgan fingerprint density at radius 3 is 2.63 bits per heavy atom. The number of carbonyl (C=O) groups is 1. The van der Waals surface area contributed by atoms with Gasteiger partial charge in [-0.05, 0) is 50.3 Å². The van der Waals surface area contributed by atoms with Crippen LogP contribution in [0, 0.1) is 11.7 Å². The molecule has 7 nitrogen and oxygen atoms in total. The molecule has 1 saturated carbocycles. The van der Waals surface area contributed by atoms with E-state index in [4.69, 9.17) is 4.74 Å². The molecule has 0 radical (unpaired) electrons. The molecule has 1 aliphatic carbocycles. The molecule has 0 unspecified atom stereocenters. The predicted molar refractivity (Wildman–Crippen MR) is 110 cm³/mol. The average Bonchev–Trinajstić information content (AvgIpc) is 2.75. The lowest BCUT2D eigenvalue weighted by atomic mass is 9.88. The summed E-state index contributed by atoms with van der Waals surface area (Å²) in [6.07, 6.45) is 6.16. The monoisotopic (exact) mass is 442 g/mol. The van der Waals surface area contributed by atoms with Crippen LogP contribution in [0.4, 0.5) is 4.39 Å². The Labute approximate surface area is 177 Å². The minimum absolute atomic E-state index is 0.102. The molecule has 0 aromatic heterocycles. The first kappa shape index (κ1) is 23.1. The number of carbonyl (C=O) groups excluding carboxylic acids is 1. The number of hydrogen-bond acceptors (Lipinski definition) is 5. The lowest BCUT2D eigenvalue weighted by Gasteiger charge is -2.36. The smallest absolute Gasteiger partial charge is 0.241 e. The summed E-state index contributed by atoms with van der Waals surface area (Å²) < 4.78 is 46.8. The zero-order chi connectivity index (χ0) is 21.6. The second-order valence-electron chi connectivity index (χ2n) is 8.16. The Hall–Kier alpha value is -1.55. The summed E-state index contributed by atoms with van der Waals surface area (Å²) in [6.45, 7) is 0.166. The summed E-state index contributed by atoms with van der Waals surface area (Å²) in [5, 5.41) is 12.7. The highest BCUT2D eigenvalue weighted by atomic mass is 32.2. The van der Waals surface area contributed by atoms with Gasteiger partial charge < -0.3 is 15.2 Å². The van der Waals surface area contributed by atoms with Crippen LogP contribution in [0.5, 0.6) is 0 Å². The largest absolute Gasteiger partial charge is 0.394 e. The summed E-state index contributed by atoms with van der Waals surface area (Å²) in [6, 6.07) is 4.19. The highest BCUT2D eigenvalue weighted by molar-refractivity contribution is 7.89. The Kier molecular flexibility index (Phi) is 8.21. The molecule has 1 saturated heterocycles. The van der Waals surface area contributed by atoms with Crippen molar-refractivity contribution in [1.29, 1.82) is 0 Å². The molecule has 30 heavy (non-hydrogen) atoms. The highest BCUT2D eigenvalue weighted by Crippen LogP contribution is 2.25. The minimum Gasteiger partial charge on any atom is -0.394 e. The number of aliphatic hydroxyl groups is 1. The number of benzene rings is 1. The Morgan fingerprint density at radius 1 is 1.17 bits per heavy atom. The van der Waals surface area contributed by atoms with E-state index in [0.29, 0.717) is 25.8 Å². The van der Waals surface area contributed by atoms with Gasteiger partial charge in [0, 0.05) is 12.5 Å². The van der Waals surface area contributed by atoms with E-state index in [9.17, 15) is 22.7 Å². The van der Waals surface area contributed by atoms with E-state index in [1.54, 1.807) is 0 Å². The van der Waals surface area contributed by atoms with Gasteiger partial charge in [-0.3, -0.25) is 4.79 Å². The molecule has 1 aromatic rings. The Balaban J connectivity index is 1.48. The number of rotatable bonds is 8. The minimum atomic E-state index is -3.92. The van der Waals surface area contributed by atoms with Crippen LogP contribution in [0.25, 0.3) is 0 Å². The van der Waals surface area contributed by atoms with Gasteiger partial charge in [-0.15, -0.1) is 0 Å². The number of amides is 1. The van der Waals surface area contributed by atoms with Crippen LogP contribution in [-0.2, 0) is 19.6 Å². The van der Waals surface area contributed by atoms with E-state index >= 15 is 0 Å². The van der Waals surface area contributed by atoms with Crippen molar-refractivity contribution in [1.82, 2.24) is 10.0 Å². The van der Waals surface area contributed by atoms with Gasteiger partial charge in [0.1, 0.15) is 5.82 Å². The maximum absolute atomic E-state index is 13.4. The number of hydrogen-bond donors (Lipinski definition) is 3. The summed E-state index contributed by atoms with van der Waals surface area (Å²) in [5.74, 6) is -0.422. The Morgan fingerprint density at radius 2 is 1.93 bits per heavy atom. The van der Waals surface area contributed by atoms with E-state index in [0.717, 1.165) is 31.7 Å². The molecule has 1 amide bonds. The molecular weight excluding hydrogens is 411 g/mol. The number of halogens is 1. The maximum Gasteiger partial charge on any atom is 0.241 e. The first-order chi connectivity index (χ1) is 14.4. The lowest BCUT2D eigenvalue weighted by Crippen LogP contribution is -2.51. The van der Waals surface area contributed by atoms with Gasteiger partial charge in [0.15, 0.2) is 0 Å². The number of aliphatic hydroxyl groups excluding tert-OH is 1. The third kappa shape index (κ3) is 6.23. The van der Waals surface area contributed by atoms with Crippen molar-refractivity contribution in [3.8, 4) is 0 Å². The molecule has 1 heterocycles. The molecule has 168 valence electrons. The van der Waals surface area contributed by atoms with E-state index in [1.165, 1.54) is 24.6 Å². The van der Waals surface area contributed by atoms with E-state index in [2.05, 4.69) is 10.0 Å². The molecule has 0 bridgehead atoms. The first-order valence-electron chi connectivity index (χ1n) is 10.7. The van der Waals surface area contributed by atoms with Crippen molar-refractivity contribution >= 4 is 15.9 Å². The Bertz CT molecular complexity index is 813. The maximum atomic E-state index is 13.4. The predicted octanol–water partition coefficient (Wildman–Crippen LogP) is 2.10. The first-order valence-corrected chi connectivity index (χ1v) is 12.2. The van der Waals surface area contributed by atoms with Gasteiger partial charge >= 0.3 is 0 Å². The lowest BCUT2D eigenvalue weighted by molar-refractivity contribution is -0.126. The van der Waals surface area contributed by atoms with Crippen LogP contribution in [0.1, 0.15) is 51.4 Å². The summed E-state index contributed by atoms with van der Waals surface area (Å²) >= 11 is 0. The van der Waals surface area contributed by atoms with Crippen molar-refractivity contribution in [2.45, 2.75) is 74.5 Å². The summed E-state index contributed by atoms with van der Waals surface area (Å²) in [7, 11) is -3.92. The van der Waals surface area contributed by atoms with Crippen LogP contribution < -0.4 is 10.0 Å². The van der Waals surface area contributed by atoms with Crippen LogP contribution in [0.15, 0.2) is 29.2 Å². The quantitative estimate of drug-likeness (QED) is 0.572. The molecule has 2 fully saturated rings. The molecule has 1 aromatic carbocycles. The fourth-order valence-electron chi connectivity index (χ4n) is 4.25. The number of sulfonamides is 1. The van der Waals surface area contributed by atoms with Crippen LogP contribution in [0.2, 0.25) is 0 Å².